The number of rotatable bonds is 4. The van der Waals surface area contributed by atoms with Gasteiger partial charge in [0.1, 0.15) is 10.4 Å². The molecule has 1 fully saturated rings. The van der Waals surface area contributed by atoms with Gasteiger partial charge in [-0.25, -0.2) is 4.98 Å². The van der Waals surface area contributed by atoms with Crippen molar-refractivity contribution in [1.29, 1.82) is 5.26 Å². The van der Waals surface area contributed by atoms with Crippen molar-refractivity contribution in [2.75, 3.05) is 17.2 Å². The van der Waals surface area contributed by atoms with Crippen LogP contribution in [0.4, 0.5) is 11.8 Å². The highest BCUT2D eigenvalue weighted by Gasteiger charge is 2.30. The number of aromatic nitrogens is 2. The summed E-state index contributed by atoms with van der Waals surface area (Å²) in [4.78, 5) is 10.6. The minimum absolute atomic E-state index is 0.444. The largest absolute Gasteiger partial charge is 0.383 e. The van der Waals surface area contributed by atoms with Crippen LogP contribution in [-0.2, 0) is 0 Å². The zero-order valence-corrected chi connectivity index (χ0v) is 10.3. The molecule has 84 valence electrons. The van der Waals surface area contributed by atoms with E-state index in [0.717, 1.165) is 12.8 Å². The van der Waals surface area contributed by atoms with Crippen LogP contribution in [0.25, 0.3) is 0 Å². The zero-order chi connectivity index (χ0) is 11.5. The van der Waals surface area contributed by atoms with E-state index < -0.39 is 0 Å². The summed E-state index contributed by atoms with van der Waals surface area (Å²) < 4.78 is 0.678. The molecule has 0 atom stereocenters. The molecule has 1 aliphatic carbocycles. The van der Waals surface area contributed by atoms with Crippen molar-refractivity contribution < 1.29 is 0 Å². The third-order valence-electron chi connectivity index (χ3n) is 2.41. The Labute approximate surface area is 102 Å². The lowest BCUT2D eigenvalue weighted by atomic mass is 10.4. The van der Waals surface area contributed by atoms with Crippen LogP contribution in [0, 0.1) is 11.3 Å². The molecule has 1 heterocycles. The first kappa shape index (κ1) is 11.1. The highest BCUT2D eigenvalue weighted by Crippen LogP contribution is 2.30. The van der Waals surface area contributed by atoms with E-state index in [1.165, 1.54) is 0 Å². The molecule has 1 aliphatic rings. The minimum Gasteiger partial charge on any atom is -0.383 e. The Bertz CT molecular complexity index is 403. The lowest BCUT2D eigenvalue weighted by Crippen LogP contribution is -2.28. The van der Waals surface area contributed by atoms with Crippen LogP contribution < -0.4 is 10.6 Å². The number of nitrogens with zero attached hydrogens (tertiary/aromatic N) is 4. The molecule has 2 N–H and O–H groups in total. The van der Waals surface area contributed by atoms with Gasteiger partial charge in [0, 0.05) is 18.7 Å². The third kappa shape index (κ3) is 2.61. The fraction of sp³-hybridized carbons (Fsp3) is 0.500. The molecule has 1 saturated carbocycles. The quantitative estimate of drug-likeness (QED) is 0.850. The van der Waals surface area contributed by atoms with Crippen molar-refractivity contribution in [3.8, 4) is 6.07 Å². The summed E-state index contributed by atoms with van der Waals surface area (Å²) in [5.41, 5.74) is 5.67. The molecule has 0 radical (unpaired) electrons. The maximum absolute atomic E-state index is 8.62. The van der Waals surface area contributed by atoms with Gasteiger partial charge in [0.2, 0.25) is 5.95 Å². The van der Waals surface area contributed by atoms with Gasteiger partial charge in [-0.3, -0.25) is 0 Å². The predicted molar refractivity (Wildman–Crippen MR) is 64.7 cm³/mol. The molecule has 1 aromatic heterocycles. The molecule has 16 heavy (non-hydrogen) atoms. The van der Waals surface area contributed by atoms with Gasteiger partial charge in [-0.05, 0) is 28.8 Å². The van der Waals surface area contributed by atoms with Gasteiger partial charge in [0.15, 0.2) is 0 Å². The Morgan fingerprint density at radius 3 is 2.88 bits per heavy atom. The first-order valence-corrected chi connectivity index (χ1v) is 5.93. The van der Waals surface area contributed by atoms with Gasteiger partial charge in [0.05, 0.1) is 12.5 Å². The van der Waals surface area contributed by atoms with Gasteiger partial charge in [-0.2, -0.15) is 10.2 Å². The molecular formula is C10H12BrN5. The average molecular weight is 282 g/mol. The van der Waals surface area contributed by atoms with Crippen LogP contribution in [-0.4, -0.2) is 22.6 Å². The van der Waals surface area contributed by atoms with Crippen LogP contribution in [0.2, 0.25) is 0 Å². The maximum atomic E-state index is 8.62. The summed E-state index contributed by atoms with van der Waals surface area (Å²) in [6.07, 6.45) is 2.76. The molecule has 0 bridgehead atoms. The summed E-state index contributed by atoms with van der Waals surface area (Å²) in [7, 11) is 0. The number of nitriles is 1. The minimum atomic E-state index is 0.444. The molecule has 1 aromatic rings. The molecule has 6 heteroatoms. The van der Waals surface area contributed by atoms with Crippen LogP contribution in [0.3, 0.4) is 0 Å². The molecule has 0 aromatic carbocycles. The smallest absolute Gasteiger partial charge is 0.228 e. The summed E-state index contributed by atoms with van der Waals surface area (Å²) >= 11 is 3.30. The molecule has 5 nitrogen and oxygen atoms in total. The molecule has 0 amide bonds. The van der Waals surface area contributed by atoms with Crippen molar-refractivity contribution >= 4 is 27.7 Å². The Morgan fingerprint density at radius 2 is 2.31 bits per heavy atom. The molecule has 0 aliphatic heterocycles. The highest BCUT2D eigenvalue weighted by atomic mass is 79.9. The number of nitrogens with two attached hydrogens (primary N) is 1. The van der Waals surface area contributed by atoms with Gasteiger partial charge < -0.3 is 10.6 Å². The number of hydrogen-bond donors (Lipinski definition) is 1. The predicted octanol–water partition coefficient (Wildman–Crippen LogP) is 1.70. The molecule has 2 rings (SSSR count). The van der Waals surface area contributed by atoms with E-state index >= 15 is 0 Å². The molecule has 0 saturated heterocycles. The zero-order valence-electron chi connectivity index (χ0n) is 8.73. The highest BCUT2D eigenvalue weighted by molar-refractivity contribution is 9.10. The number of hydrogen-bond acceptors (Lipinski definition) is 5. The molecule has 0 spiro atoms. The van der Waals surface area contributed by atoms with Crippen LogP contribution in [0.1, 0.15) is 19.3 Å². The van der Waals surface area contributed by atoms with Crippen molar-refractivity contribution in [3.63, 3.8) is 0 Å². The Kier molecular flexibility index (Phi) is 3.25. The topological polar surface area (TPSA) is 78.8 Å². The van der Waals surface area contributed by atoms with Gasteiger partial charge in [0.25, 0.3) is 0 Å². The monoisotopic (exact) mass is 281 g/mol. The number of anilines is 2. The lowest BCUT2D eigenvalue weighted by molar-refractivity contribution is 0.759. The number of halogens is 1. The maximum Gasteiger partial charge on any atom is 0.228 e. The van der Waals surface area contributed by atoms with Crippen molar-refractivity contribution in [2.45, 2.75) is 25.3 Å². The van der Waals surface area contributed by atoms with Crippen molar-refractivity contribution in [1.82, 2.24) is 9.97 Å². The third-order valence-corrected chi connectivity index (χ3v) is 2.82. The van der Waals surface area contributed by atoms with E-state index in [1.54, 1.807) is 6.07 Å². The first-order valence-electron chi connectivity index (χ1n) is 5.14. The standard InChI is InChI=1S/C10H12BrN5/c11-8-6-9(13)15-10(14-8)16(5-1-4-12)7-2-3-7/h6-7H,1-3,5H2,(H2,13,14,15). The second-order valence-corrected chi connectivity index (χ2v) is 4.56. The average Bonchev–Trinajstić information content (AvgIpc) is 3.01. The molecular weight excluding hydrogens is 270 g/mol. The Morgan fingerprint density at radius 1 is 1.56 bits per heavy atom. The second kappa shape index (κ2) is 4.66. The fourth-order valence-corrected chi connectivity index (χ4v) is 1.95. The van der Waals surface area contributed by atoms with Crippen LogP contribution in [0.15, 0.2) is 10.7 Å². The Balaban J connectivity index is 2.20. The van der Waals surface area contributed by atoms with E-state index in [4.69, 9.17) is 11.0 Å². The number of nitrogen functional groups attached to an aromatic ring is 1. The second-order valence-electron chi connectivity index (χ2n) is 3.75. The Hall–Kier alpha value is -1.35. The van der Waals surface area contributed by atoms with Crippen molar-refractivity contribution in [2.24, 2.45) is 0 Å². The normalized spacial score (nSPS) is 14.5. The van der Waals surface area contributed by atoms with Crippen LogP contribution >= 0.6 is 15.9 Å². The van der Waals surface area contributed by atoms with E-state index in [9.17, 15) is 0 Å². The first-order chi connectivity index (χ1) is 7.70. The van der Waals surface area contributed by atoms with Gasteiger partial charge >= 0.3 is 0 Å². The van der Waals surface area contributed by atoms with E-state index in [0.29, 0.717) is 35.4 Å². The van der Waals surface area contributed by atoms with Crippen LogP contribution in [0.5, 0.6) is 0 Å². The molecule has 0 unspecified atom stereocenters. The summed E-state index contributed by atoms with van der Waals surface area (Å²) in [5.74, 6) is 1.06. The van der Waals surface area contributed by atoms with Gasteiger partial charge in [-0.15, -0.1) is 0 Å². The lowest BCUT2D eigenvalue weighted by Gasteiger charge is -2.21. The van der Waals surface area contributed by atoms with E-state index in [2.05, 4.69) is 36.9 Å². The van der Waals surface area contributed by atoms with E-state index in [1.807, 2.05) is 0 Å². The van der Waals surface area contributed by atoms with E-state index in [-0.39, 0.29) is 0 Å². The SMILES string of the molecule is N#CCCN(c1nc(N)cc(Br)n1)C1CC1. The fourth-order valence-electron chi connectivity index (χ4n) is 1.55. The summed E-state index contributed by atoms with van der Waals surface area (Å²) in [6.45, 7) is 0.664. The van der Waals surface area contributed by atoms with Gasteiger partial charge in [-0.1, -0.05) is 0 Å². The summed E-state index contributed by atoms with van der Waals surface area (Å²) in [6, 6.07) is 4.28. The van der Waals surface area contributed by atoms with Crippen molar-refractivity contribution in [3.05, 3.63) is 10.7 Å². The summed E-state index contributed by atoms with van der Waals surface area (Å²) in [5, 5.41) is 8.62.